The molecule has 1 aliphatic rings. The lowest BCUT2D eigenvalue weighted by atomic mass is 10.1. The summed E-state index contributed by atoms with van der Waals surface area (Å²) in [7, 11) is -6.47. The highest BCUT2D eigenvalue weighted by Gasteiger charge is 2.49. The van der Waals surface area contributed by atoms with Gasteiger partial charge in [-0.2, -0.15) is 0 Å². The number of fused-ring (bicyclic) bond motifs is 1. The minimum atomic E-state index is -3.31. The van der Waals surface area contributed by atoms with Crippen molar-refractivity contribution in [1.82, 2.24) is 19.5 Å². The Hall–Kier alpha value is -1.54. The van der Waals surface area contributed by atoms with Crippen molar-refractivity contribution in [3.05, 3.63) is 12.7 Å². The molecular weight excluding hydrogens is 439 g/mol. The second-order valence-electron chi connectivity index (χ2n) is 5.73. The fraction of sp³-hybridized carbons (Fsp3) is 0.583. The van der Waals surface area contributed by atoms with Gasteiger partial charge in [0.15, 0.2) is 30.2 Å². The topological polar surface area (TPSA) is 201 Å². The summed E-state index contributed by atoms with van der Waals surface area (Å²) in [5, 5.41) is 20.2. The van der Waals surface area contributed by atoms with Gasteiger partial charge in [0, 0.05) is 0 Å². The standard InChI is InChI=1S/C12H18FN5O9P2/c13-5-7(19)11(18-4-17-6-9(14)15-3-16-10(6)18)26-8(5)12(20)27-29(23)25-2-1-24-28(21)22/h3-5,7-8,11-12,19-20,28-29H,1-2H2,(H,21,22)(H2,14,15,16)/t5-,7+,8-,11+,12?/m0/s1. The molecule has 3 heterocycles. The number of anilines is 1. The highest BCUT2D eigenvalue weighted by molar-refractivity contribution is 7.33. The lowest BCUT2D eigenvalue weighted by Crippen LogP contribution is -2.36. The average Bonchev–Trinajstić information content (AvgIpc) is 3.21. The van der Waals surface area contributed by atoms with Gasteiger partial charge >= 0.3 is 16.5 Å². The largest absolute Gasteiger partial charge is 0.385 e. The van der Waals surface area contributed by atoms with Crippen LogP contribution in [0.2, 0.25) is 0 Å². The van der Waals surface area contributed by atoms with E-state index in [4.69, 9.17) is 15.4 Å². The third-order valence-corrected chi connectivity index (χ3v) is 5.24. The van der Waals surface area contributed by atoms with Crippen molar-refractivity contribution >= 4 is 33.5 Å². The molecule has 29 heavy (non-hydrogen) atoms. The van der Waals surface area contributed by atoms with E-state index in [0.29, 0.717) is 0 Å². The number of aliphatic hydroxyl groups excluding tert-OH is 2. The van der Waals surface area contributed by atoms with Crippen molar-refractivity contribution in [3.8, 4) is 0 Å². The summed E-state index contributed by atoms with van der Waals surface area (Å²) in [6, 6.07) is 0. The summed E-state index contributed by atoms with van der Waals surface area (Å²) < 4.78 is 56.7. The van der Waals surface area contributed by atoms with Crippen molar-refractivity contribution in [2.24, 2.45) is 0 Å². The van der Waals surface area contributed by atoms with Crippen molar-refractivity contribution in [1.29, 1.82) is 0 Å². The van der Waals surface area contributed by atoms with Gasteiger partial charge in [0.1, 0.15) is 24.1 Å². The first-order chi connectivity index (χ1) is 13.8. The highest BCUT2D eigenvalue weighted by atomic mass is 31.1. The number of nitrogens with two attached hydrogens (primary N) is 1. The van der Waals surface area contributed by atoms with Crippen LogP contribution in [0.1, 0.15) is 6.23 Å². The molecule has 5 N–H and O–H groups in total. The Morgan fingerprint density at radius 1 is 1.31 bits per heavy atom. The van der Waals surface area contributed by atoms with Gasteiger partial charge < -0.3 is 34.6 Å². The normalized spacial score (nSPS) is 27.9. The molecule has 1 fully saturated rings. The predicted octanol–water partition coefficient (Wildman–Crippen LogP) is -0.855. The van der Waals surface area contributed by atoms with Crippen LogP contribution in [0.5, 0.6) is 0 Å². The van der Waals surface area contributed by atoms with E-state index in [1.54, 1.807) is 0 Å². The Morgan fingerprint density at radius 3 is 2.76 bits per heavy atom. The third-order valence-electron chi connectivity index (χ3n) is 3.92. The molecule has 2 aromatic heterocycles. The Balaban J connectivity index is 1.63. The summed E-state index contributed by atoms with van der Waals surface area (Å²) in [6.45, 7) is -0.700. The van der Waals surface area contributed by atoms with E-state index in [1.165, 1.54) is 10.9 Å². The molecule has 2 aromatic rings. The molecule has 0 saturated carbocycles. The van der Waals surface area contributed by atoms with E-state index < -0.39 is 47.4 Å². The zero-order chi connectivity index (χ0) is 21.1. The molecule has 0 amide bonds. The predicted molar refractivity (Wildman–Crippen MR) is 93.8 cm³/mol. The maximum atomic E-state index is 14.5. The summed E-state index contributed by atoms with van der Waals surface area (Å²) >= 11 is 0. The van der Waals surface area contributed by atoms with Crippen molar-refractivity contribution in [2.45, 2.75) is 30.9 Å². The number of hydrogen-bond donors (Lipinski definition) is 4. The van der Waals surface area contributed by atoms with Crippen molar-refractivity contribution < 1.29 is 46.9 Å². The number of aromatic nitrogens is 4. The summed E-state index contributed by atoms with van der Waals surface area (Å²) in [5.41, 5.74) is 6.06. The van der Waals surface area contributed by atoms with Crippen LogP contribution in [0.25, 0.3) is 11.2 Å². The molecule has 7 atom stereocenters. The van der Waals surface area contributed by atoms with Gasteiger partial charge in [0.2, 0.25) is 0 Å². The number of nitrogen functional groups attached to an aromatic ring is 1. The van der Waals surface area contributed by atoms with Gasteiger partial charge in [-0.1, -0.05) is 0 Å². The van der Waals surface area contributed by atoms with Crippen LogP contribution in [0.3, 0.4) is 0 Å². The number of ether oxygens (including phenoxy) is 1. The van der Waals surface area contributed by atoms with Gasteiger partial charge in [-0.05, 0) is 0 Å². The van der Waals surface area contributed by atoms with Crippen LogP contribution in [0, 0.1) is 0 Å². The first kappa shape index (κ1) is 22.2. The number of rotatable bonds is 9. The number of alkyl halides is 1. The lowest BCUT2D eigenvalue weighted by molar-refractivity contribution is -0.149. The molecule has 162 valence electrons. The van der Waals surface area contributed by atoms with Gasteiger partial charge in [-0.15, -0.1) is 0 Å². The summed E-state index contributed by atoms with van der Waals surface area (Å²) in [5.74, 6) is 0.0733. The van der Waals surface area contributed by atoms with E-state index in [-0.39, 0.29) is 30.2 Å². The van der Waals surface area contributed by atoms with Crippen LogP contribution < -0.4 is 5.73 Å². The Labute approximate surface area is 163 Å². The maximum Gasteiger partial charge on any atom is 0.321 e. The zero-order valence-electron chi connectivity index (χ0n) is 14.5. The first-order valence-electron chi connectivity index (χ1n) is 8.07. The number of aliphatic hydroxyl groups is 2. The highest BCUT2D eigenvalue weighted by Crippen LogP contribution is 2.37. The minimum absolute atomic E-state index is 0.0733. The Kier molecular flexibility index (Phi) is 7.27. The van der Waals surface area contributed by atoms with E-state index in [1.807, 2.05) is 0 Å². The van der Waals surface area contributed by atoms with Gasteiger partial charge in [-0.3, -0.25) is 18.2 Å². The fourth-order valence-corrected chi connectivity index (χ4v) is 3.54. The van der Waals surface area contributed by atoms with E-state index in [0.717, 1.165) is 6.33 Å². The van der Waals surface area contributed by atoms with Gasteiger partial charge in [0.25, 0.3) is 0 Å². The Morgan fingerprint density at radius 2 is 2.03 bits per heavy atom. The zero-order valence-corrected chi connectivity index (χ0v) is 16.5. The number of hydrogen-bond acceptors (Lipinski definition) is 12. The minimum Gasteiger partial charge on any atom is -0.385 e. The molecule has 0 radical (unpaired) electrons. The van der Waals surface area contributed by atoms with Crippen LogP contribution >= 0.6 is 16.5 Å². The smallest absolute Gasteiger partial charge is 0.321 e. The molecule has 17 heteroatoms. The molecule has 0 spiro atoms. The van der Waals surface area contributed by atoms with Crippen molar-refractivity contribution in [3.63, 3.8) is 0 Å². The second kappa shape index (κ2) is 9.51. The van der Waals surface area contributed by atoms with Crippen LogP contribution in [-0.2, 0) is 27.4 Å². The van der Waals surface area contributed by atoms with Crippen LogP contribution in [0.15, 0.2) is 12.7 Å². The number of halogens is 1. The number of imidazole rings is 1. The maximum absolute atomic E-state index is 14.5. The monoisotopic (exact) mass is 457 g/mol. The van der Waals surface area contributed by atoms with E-state index in [9.17, 15) is 23.7 Å². The van der Waals surface area contributed by atoms with Gasteiger partial charge in [-0.25, -0.2) is 19.3 Å². The third kappa shape index (κ3) is 4.97. The molecule has 0 bridgehead atoms. The SMILES string of the molecule is Nc1ncnc2c1ncn2[C@@H]1O[C@H](C(O)O[PH](=O)OCCO[PH](=O)O)[C@@H](F)[C@H]1O. The number of nitrogens with zero attached hydrogens (tertiary/aromatic N) is 4. The Bertz CT molecular complexity index is 904. The molecule has 3 unspecified atom stereocenters. The summed E-state index contributed by atoms with van der Waals surface area (Å²) in [4.78, 5) is 20.2. The fourth-order valence-electron chi connectivity index (χ4n) is 2.63. The average molecular weight is 457 g/mol. The molecule has 14 nitrogen and oxygen atoms in total. The lowest BCUT2D eigenvalue weighted by Gasteiger charge is -2.20. The quantitative estimate of drug-likeness (QED) is 0.206. The first-order valence-corrected chi connectivity index (χ1v) is 10.6. The molecule has 1 aliphatic heterocycles. The second-order valence-corrected chi connectivity index (χ2v) is 7.58. The molecule has 0 aromatic carbocycles. The van der Waals surface area contributed by atoms with E-state index >= 15 is 0 Å². The van der Waals surface area contributed by atoms with E-state index in [2.05, 4.69) is 28.5 Å². The molecule has 3 rings (SSSR count). The van der Waals surface area contributed by atoms with Crippen LogP contribution in [-0.4, -0.2) is 72.5 Å². The molecule has 1 saturated heterocycles. The molecule has 0 aliphatic carbocycles. The van der Waals surface area contributed by atoms with Crippen LogP contribution in [0.4, 0.5) is 10.2 Å². The van der Waals surface area contributed by atoms with Gasteiger partial charge in [0.05, 0.1) is 19.5 Å². The molecular formula is C12H18FN5O9P2. The van der Waals surface area contributed by atoms with Crippen molar-refractivity contribution in [2.75, 3.05) is 18.9 Å². The summed E-state index contributed by atoms with van der Waals surface area (Å²) in [6.07, 6.45) is -6.54.